The standard InChI is InChI=1S/C12H19NO/c1-3-10(8-14)12(13)11-7-5-4-6-9(11)2/h4-7,10,12,14H,3,8,13H2,1-2H3. The third-order valence-electron chi connectivity index (χ3n) is 2.81. The molecule has 0 aliphatic heterocycles. The van der Waals surface area contributed by atoms with Crippen LogP contribution in [0.2, 0.25) is 0 Å². The highest BCUT2D eigenvalue weighted by Crippen LogP contribution is 2.24. The summed E-state index contributed by atoms with van der Waals surface area (Å²) in [7, 11) is 0. The lowest BCUT2D eigenvalue weighted by Crippen LogP contribution is -2.24. The summed E-state index contributed by atoms with van der Waals surface area (Å²) in [6.45, 7) is 4.27. The number of hydrogen-bond acceptors (Lipinski definition) is 2. The Morgan fingerprint density at radius 2 is 2.00 bits per heavy atom. The van der Waals surface area contributed by atoms with Gasteiger partial charge in [-0.25, -0.2) is 0 Å². The van der Waals surface area contributed by atoms with E-state index in [0.29, 0.717) is 0 Å². The minimum Gasteiger partial charge on any atom is -0.396 e. The predicted molar refractivity (Wildman–Crippen MR) is 59.0 cm³/mol. The molecular weight excluding hydrogens is 174 g/mol. The molecule has 2 unspecified atom stereocenters. The molecule has 0 heterocycles. The van der Waals surface area contributed by atoms with Crippen LogP contribution in [0.25, 0.3) is 0 Å². The summed E-state index contributed by atoms with van der Waals surface area (Å²) >= 11 is 0. The number of nitrogens with two attached hydrogens (primary N) is 1. The van der Waals surface area contributed by atoms with E-state index in [9.17, 15) is 0 Å². The van der Waals surface area contributed by atoms with Crippen LogP contribution in [0.1, 0.15) is 30.5 Å². The molecule has 0 fully saturated rings. The van der Waals surface area contributed by atoms with E-state index in [1.54, 1.807) is 0 Å². The molecule has 0 amide bonds. The molecule has 2 heteroatoms. The Morgan fingerprint density at radius 3 is 2.50 bits per heavy atom. The van der Waals surface area contributed by atoms with Crippen LogP contribution in [0.15, 0.2) is 24.3 Å². The Balaban J connectivity index is 2.88. The lowest BCUT2D eigenvalue weighted by atomic mass is 9.90. The number of benzene rings is 1. The molecule has 0 spiro atoms. The van der Waals surface area contributed by atoms with E-state index in [1.165, 1.54) is 5.56 Å². The summed E-state index contributed by atoms with van der Waals surface area (Å²) in [5, 5.41) is 9.17. The lowest BCUT2D eigenvalue weighted by Gasteiger charge is -2.22. The van der Waals surface area contributed by atoms with Crippen LogP contribution < -0.4 is 5.73 Å². The molecule has 0 radical (unpaired) electrons. The van der Waals surface area contributed by atoms with Gasteiger partial charge in [0.2, 0.25) is 0 Å². The van der Waals surface area contributed by atoms with Gasteiger partial charge in [0.05, 0.1) is 0 Å². The van der Waals surface area contributed by atoms with E-state index < -0.39 is 0 Å². The minimum atomic E-state index is -0.0498. The van der Waals surface area contributed by atoms with Crippen molar-refractivity contribution in [1.29, 1.82) is 0 Å². The largest absolute Gasteiger partial charge is 0.396 e. The van der Waals surface area contributed by atoms with Crippen molar-refractivity contribution in [3.05, 3.63) is 35.4 Å². The van der Waals surface area contributed by atoms with E-state index >= 15 is 0 Å². The summed E-state index contributed by atoms with van der Waals surface area (Å²) in [5.41, 5.74) is 8.45. The first-order valence-electron chi connectivity index (χ1n) is 5.12. The van der Waals surface area contributed by atoms with E-state index in [0.717, 1.165) is 12.0 Å². The normalized spacial score (nSPS) is 15.1. The van der Waals surface area contributed by atoms with Crippen molar-refractivity contribution in [3.63, 3.8) is 0 Å². The SMILES string of the molecule is CCC(CO)C(N)c1ccccc1C. The van der Waals surface area contributed by atoms with Gasteiger partial charge in [-0.2, -0.15) is 0 Å². The summed E-state index contributed by atoms with van der Waals surface area (Å²) < 4.78 is 0. The molecule has 78 valence electrons. The van der Waals surface area contributed by atoms with Gasteiger partial charge in [-0.3, -0.25) is 0 Å². The van der Waals surface area contributed by atoms with Gasteiger partial charge in [0.1, 0.15) is 0 Å². The van der Waals surface area contributed by atoms with Gasteiger partial charge in [0, 0.05) is 18.6 Å². The maximum absolute atomic E-state index is 9.17. The van der Waals surface area contributed by atoms with E-state index in [1.807, 2.05) is 18.2 Å². The zero-order chi connectivity index (χ0) is 10.6. The number of aliphatic hydroxyl groups excluding tert-OH is 1. The molecule has 1 rings (SSSR count). The minimum absolute atomic E-state index is 0.0498. The summed E-state index contributed by atoms with van der Waals surface area (Å²) in [4.78, 5) is 0. The zero-order valence-corrected chi connectivity index (χ0v) is 8.90. The molecule has 2 nitrogen and oxygen atoms in total. The van der Waals surface area contributed by atoms with Crippen molar-refractivity contribution in [2.24, 2.45) is 11.7 Å². The van der Waals surface area contributed by atoms with Crippen molar-refractivity contribution in [2.45, 2.75) is 26.3 Å². The van der Waals surface area contributed by atoms with Crippen molar-refractivity contribution < 1.29 is 5.11 Å². The average molecular weight is 193 g/mol. The van der Waals surface area contributed by atoms with Gasteiger partial charge in [-0.15, -0.1) is 0 Å². The molecule has 0 saturated carbocycles. The third-order valence-corrected chi connectivity index (χ3v) is 2.81. The van der Waals surface area contributed by atoms with Crippen LogP contribution in [0, 0.1) is 12.8 Å². The first-order chi connectivity index (χ1) is 6.70. The lowest BCUT2D eigenvalue weighted by molar-refractivity contribution is 0.200. The topological polar surface area (TPSA) is 46.2 Å². The van der Waals surface area contributed by atoms with Gasteiger partial charge in [0.15, 0.2) is 0 Å². The molecule has 0 bridgehead atoms. The fraction of sp³-hybridized carbons (Fsp3) is 0.500. The van der Waals surface area contributed by atoms with Crippen molar-refractivity contribution >= 4 is 0 Å². The van der Waals surface area contributed by atoms with Crippen molar-refractivity contribution in [1.82, 2.24) is 0 Å². The summed E-state index contributed by atoms with van der Waals surface area (Å²) in [6, 6.07) is 8.04. The molecule has 3 N–H and O–H groups in total. The predicted octanol–water partition coefficient (Wildman–Crippen LogP) is 2.01. The molecule has 14 heavy (non-hydrogen) atoms. The van der Waals surface area contributed by atoms with Gasteiger partial charge >= 0.3 is 0 Å². The molecule has 0 saturated heterocycles. The number of aryl methyl sites for hydroxylation is 1. The smallest absolute Gasteiger partial charge is 0.0477 e. The van der Waals surface area contributed by atoms with Crippen LogP contribution in [-0.4, -0.2) is 11.7 Å². The fourth-order valence-corrected chi connectivity index (χ4v) is 1.71. The highest BCUT2D eigenvalue weighted by molar-refractivity contribution is 5.28. The average Bonchev–Trinajstić information content (AvgIpc) is 2.20. The third kappa shape index (κ3) is 2.34. The maximum atomic E-state index is 9.17. The maximum Gasteiger partial charge on any atom is 0.0477 e. The van der Waals surface area contributed by atoms with Crippen LogP contribution in [0.5, 0.6) is 0 Å². The second-order valence-corrected chi connectivity index (χ2v) is 3.73. The highest BCUT2D eigenvalue weighted by atomic mass is 16.3. The number of aliphatic hydroxyl groups is 1. The molecule has 0 aliphatic carbocycles. The van der Waals surface area contributed by atoms with Gasteiger partial charge in [-0.1, -0.05) is 31.2 Å². The van der Waals surface area contributed by atoms with E-state index in [-0.39, 0.29) is 18.6 Å². The van der Waals surface area contributed by atoms with Crippen molar-refractivity contribution in [3.8, 4) is 0 Å². The Labute approximate surface area is 85.8 Å². The molecule has 2 atom stereocenters. The zero-order valence-electron chi connectivity index (χ0n) is 8.90. The first-order valence-corrected chi connectivity index (χ1v) is 5.12. The quantitative estimate of drug-likeness (QED) is 0.768. The Kier molecular flexibility index (Phi) is 4.11. The number of rotatable bonds is 4. The fourth-order valence-electron chi connectivity index (χ4n) is 1.71. The molecular formula is C12H19NO. The van der Waals surface area contributed by atoms with Gasteiger partial charge in [0.25, 0.3) is 0 Å². The Morgan fingerprint density at radius 1 is 1.36 bits per heavy atom. The van der Waals surface area contributed by atoms with E-state index in [4.69, 9.17) is 10.8 Å². The molecule has 1 aromatic rings. The monoisotopic (exact) mass is 193 g/mol. The molecule has 0 aliphatic rings. The Hall–Kier alpha value is -0.860. The summed E-state index contributed by atoms with van der Waals surface area (Å²) in [6.07, 6.45) is 0.909. The van der Waals surface area contributed by atoms with Crippen molar-refractivity contribution in [2.75, 3.05) is 6.61 Å². The Bertz CT molecular complexity index is 281. The number of hydrogen-bond donors (Lipinski definition) is 2. The van der Waals surface area contributed by atoms with Gasteiger partial charge in [-0.05, 0) is 24.5 Å². The summed E-state index contributed by atoms with van der Waals surface area (Å²) in [5.74, 6) is 0.163. The van der Waals surface area contributed by atoms with E-state index in [2.05, 4.69) is 19.9 Å². The van der Waals surface area contributed by atoms with Crippen LogP contribution in [0.3, 0.4) is 0 Å². The molecule has 0 aromatic heterocycles. The van der Waals surface area contributed by atoms with Crippen LogP contribution in [0.4, 0.5) is 0 Å². The first kappa shape index (κ1) is 11.2. The van der Waals surface area contributed by atoms with Crippen LogP contribution >= 0.6 is 0 Å². The second kappa shape index (κ2) is 5.13. The van der Waals surface area contributed by atoms with Gasteiger partial charge < -0.3 is 10.8 Å². The molecule has 1 aromatic carbocycles. The second-order valence-electron chi connectivity index (χ2n) is 3.73. The van der Waals surface area contributed by atoms with Crippen LogP contribution in [-0.2, 0) is 0 Å². The highest BCUT2D eigenvalue weighted by Gasteiger charge is 2.17.